The molecule has 4 nitrogen and oxygen atoms in total. The monoisotopic (exact) mass is 283 g/mol. The van der Waals surface area contributed by atoms with Gasteiger partial charge in [0.25, 0.3) is 0 Å². The molecule has 2 rings (SSSR count). The van der Waals surface area contributed by atoms with Gasteiger partial charge in [0, 0.05) is 12.1 Å². The molecule has 1 saturated heterocycles. The summed E-state index contributed by atoms with van der Waals surface area (Å²) in [5.74, 6) is 0. The van der Waals surface area contributed by atoms with Crippen LogP contribution in [0.25, 0.3) is 0 Å². The Morgan fingerprint density at radius 2 is 2.05 bits per heavy atom. The van der Waals surface area contributed by atoms with Crippen LogP contribution in [-0.4, -0.2) is 29.9 Å². The first-order valence-electron chi connectivity index (χ1n) is 6.56. The Labute approximate surface area is 115 Å². The molecule has 1 aliphatic rings. The highest BCUT2D eigenvalue weighted by Crippen LogP contribution is 2.34. The van der Waals surface area contributed by atoms with Gasteiger partial charge in [0.1, 0.15) is 0 Å². The van der Waals surface area contributed by atoms with E-state index < -0.39 is 16.1 Å². The van der Waals surface area contributed by atoms with Crippen LogP contribution >= 0.6 is 0 Å². The Morgan fingerprint density at radius 1 is 1.37 bits per heavy atom. The highest BCUT2D eigenvalue weighted by Gasteiger charge is 2.40. The minimum Gasteiger partial charge on any atom is -0.389 e. The first-order valence-corrected chi connectivity index (χ1v) is 8.00. The number of hydrogen-bond donors (Lipinski definition) is 1. The predicted molar refractivity (Wildman–Crippen MR) is 74.3 cm³/mol. The van der Waals surface area contributed by atoms with Gasteiger partial charge in [0.2, 0.25) is 10.0 Å². The topological polar surface area (TPSA) is 57.6 Å². The van der Waals surface area contributed by atoms with E-state index in [0.717, 1.165) is 12.8 Å². The zero-order chi connectivity index (χ0) is 14.3. The molecule has 106 valence electrons. The van der Waals surface area contributed by atoms with Crippen molar-refractivity contribution in [3.8, 4) is 0 Å². The fourth-order valence-corrected chi connectivity index (χ4v) is 4.49. The van der Waals surface area contributed by atoms with E-state index in [4.69, 9.17) is 0 Å². The first-order chi connectivity index (χ1) is 8.75. The number of hydrogen-bond acceptors (Lipinski definition) is 3. The number of aliphatic hydroxyl groups is 1. The summed E-state index contributed by atoms with van der Waals surface area (Å²) in [5, 5.41) is 9.57. The van der Waals surface area contributed by atoms with Gasteiger partial charge in [-0.3, -0.25) is 0 Å². The molecule has 1 unspecified atom stereocenters. The van der Waals surface area contributed by atoms with Crippen molar-refractivity contribution in [2.24, 2.45) is 0 Å². The van der Waals surface area contributed by atoms with Gasteiger partial charge in [-0.05, 0) is 51.3 Å². The lowest BCUT2D eigenvalue weighted by molar-refractivity contribution is 0.199. The van der Waals surface area contributed by atoms with Gasteiger partial charge in [-0.15, -0.1) is 0 Å². The maximum Gasteiger partial charge on any atom is 0.243 e. The second-order valence-electron chi connectivity index (χ2n) is 5.74. The number of nitrogens with zero attached hydrogens (tertiary/aromatic N) is 1. The van der Waals surface area contributed by atoms with Crippen LogP contribution in [0.4, 0.5) is 0 Å². The molecule has 0 amide bonds. The fraction of sp³-hybridized carbons (Fsp3) is 0.571. The Morgan fingerprint density at radius 3 is 2.58 bits per heavy atom. The molecule has 1 fully saturated rings. The normalized spacial score (nSPS) is 21.5. The molecule has 1 N–H and O–H groups in total. The third-order valence-electron chi connectivity index (χ3n) is 3.75. The van der Waals surface area contributed by atoms with Gasteiger partial charge in [-0.2, -0.15) is 4.31 Å². The molecule has 0 bridgehead atoms. The summed E-state index contributed by atoms with van der Waals surface area (Å²) in [6, 6.07) is 6.57. The molecular weight excluding hydrogens is 262 g/mol. The standard InChI is InChI=1S/C14H21NO3S/c1-11(16)12-6-4-7-13(10-12)19(17,18)15-9-5-8-14(15,2)3/h4,6-7,10-11,16H,5,8-9H2,1-3H3. The highest BCUT2D eigenvalue weighted by molar-refractivity contribution is 7.89. The van der Waals surface area contributed by atoms with E-state index in [9.17, 15) is 13.5 Å². The highest BCUT2D eigenvalue weighted by atomic mass is 32.2. The molecule has 0 spiro atoms. The molecule has 5 heteroatoms. The maximum absolute atomic E-state index is 12.7. The molecule has 0 aromatic heterocycles. The van der Waals surface area contributed by atoms with Gasteiger partial charge in [-0.1, -0.05) is 12.1 Å². The van der Waals surface area contributed by atoms with Gasteiger partial charge < -0.3 is 5.11 Å². The summed E-state index contributed by atoms with van der Waals surface area (Å²) in [5.41, 5.74) is 0.290. The quantitative estimate of drug-likeness (QED) is 0.926. The van der Waals surface area contributed by atoms with Crippen molar-refractivity contribution in [2.75, 3.05) is 6.54 Å². The van der Waals surface area contributed by atoms with E-state index in [2.05, 4.69) is 0 Å². The Bertz CT molecular complexity index is 564. The second-order valence-corrected chi connectivity index (χ2v) is 7.60. The summed E-state index contributed by atoms with van der Waals surface area (Å²) in [7, 11) is -3.48. The van der Waals surface area contributed by atoms with Gasteiger partial charge in [0.05, 0.1) is 11.0 Å². The minimum absolute atomic E-state index is 0.265. The molecule has 1 heterocycles. The van der Waals surface area contributed by atoms with Crippen LogP contribution in [0.3, 0.4) is 0 Å². The Balaban J connectivity index is 2.43. The van der Waals surface area contributed by atoms with E-state index in [1.54, 1.807) is 35.5 Å². The number of rotatable bonds is 3. The molecule has 19 heavy (non-hydrogen) atoms. The number of aliphatic hydroxyl groups excluding tert-OH is 1. The summed E-state index contributed by atoms with van der Waals surface area (Å²) in [6.07, 6.45) is 1.10. The first kappa shape index (κ1) is 14.5. The molecule has 1 aliphatic heterocycles. The largest absolute Gasteiger partial charge is 0.389 e. The summed E-state index contributed by atoms with van der Waals surface area (Å²) >= 11 is 0. The molecular formula is C14H21NO3S. The van der Waals surface area contributed by atoms with Crippen molar-refractivity contribution in [3.05, 3.63) is 29.8 Å². The van der Waals surface area contributed by atoms with Crippen molar-refractivity contribution in [3.63, 3.8) is 0 Å². The zero-order valence-electron chi connectivity index (χ0n) is 11.6. The smallest absolute Gasteiger partial charge is 0.243 e. The number of sulfonamides is 1. The molecule has 1 aromatic rings. The fourth-order valence-electron chi connectivity index (χ4n) is 2.59. The van der Waals surface area contributed by atoms with Crippen LogP contribution in [0.5, 0.6) is 0 Å². The zero-order valence-corrected chi connectivity index (χ0v) is 12.4. The molecule has 0 aliphatic carbocycles. The third-order valence-corrected chi connectivity index (χ3v) is 5.86. The summed E-state index contributed by atoms with van der Waals surface area (Å²) in [6.45, 7) is 6.10. The number of benzene rings is 1. The van der Waals surface area contributed by atoms with E-state index in [0.29, 0.717) is 12.1 Å². The van der Waals surface area contributed by atoms with Crippen LogP contribution in [0.1, 0.15) is 45.3 Å². The molecule has 0 saturated carbocycles. The lowest BCUT2D eigenvalue weighted by Gasteiger charge is -2.30. The third kappa shape index (κ3) is 2.68. The van der Waals surface area contributed by atoms with E-state index in [-0.39, 0.29) is 10.4 Å². The van der Waals surface area contributed by atoms with Crippen molar-refractivity contribution in [2.45, 2.75) is 50.2 Å². The minimum atomic E-state index is -3.48. The van der Waals surface area contributed by atoms with Crippen molar-refractivity contribution >= 4 is 10.0 Å². The van der Waals surface area contributed by atoms with E-state index in [1.807, 2.05) is 13.8 Å². The lowest BCUT2D eigenvalue weighted by Crippen LogP contribution is -2.42. The van der Waals surface area contributed by atoms with Crippen LogP contribution in [0.2, 0.25) is 0 Å². The molecule has 1 atom stereocenters. The Hall–Kier alpha value is -0.910. The molecule has 1 aromatic carbocycles. The second kappa shape index (κ2) is 4.89. The van der Waals surface area contributed by atoms with E-state index in [1.165, 1.54) is 0 Å². The van der Waals surface area contributed by atoms with Crippen molar-refractivity contribution in [1.29, 1.82) is 0 Å². The van der Waals surface area contributed by atoms with Gasteiger partial charge in [0.15, 0.2) is 0 Å². The average Bonchev–Trinajstić information content (AvgIpc) is 2.69. The average molecular weight is 283 g/mol. The van der Waals surface area contributed by atoms with Crippen LogP contribution in [0.15, 0.2) is 29.2 Å². The van der Waals surface area contributed by atoms with Crippen molar-refractivity contribution < 1.29 is 13.5 Å². The van der Waals surface area contributed by atoms with Crippen LogP contribution in [-0.2, 0) is 10.0 Å². The molecule has 0 radical (unpaired) electrons. The van der Waals surface area contributed by atoms with Crippen molar-refractivity contribution in [1.82, 2.24) is 4.31 Å². The SMILES string of the molecule is CC(O)c1cccc(S(=O)(=O)N2CCCC2(C)C)c1. The lowest BCUT2D eigenvalue weighted by atomic mass is 10.0. The van der Waals surface area contributed by atoms with Gasteiger partial charge in [-0.25, -0.2) is 8.42 Å². The van der Waals surface area contributed by atoms with Gasteiger partial charge >= 0.3 is 0 Å². The summed E-state index contributed by atoms with van der Waals surface area (Å²) < 4.78 is 26.9. The van der Waals surface area contributed by atoms with E-state index >= 15 is 0 Å². The van der Waals surface area contributed by atoms with Crippen LogP contribution in [0, 0.1) is 0 Å². The Kier molecular flexibility index (Phi) is 3.73. The predicted octanol–water partition coefficient (Wildman–Crippen LogP) is 2.30. The maximum atomic E-state index is 12.7. The van der Waals surface area contributed by atoms with Crippen LogP contribution < -0.4 is 0 Å². The summed E-state index contributed by atoms with van der Waals surface area (Å²) in [4.78, 5) is 0.265.